The molecular formula is C21H18FNO2. The lowest BCUT2D eigenvalue weighted by atomic mass is 10.3. The zero-order chi connectivity index (χ0) is 17.5. The van der Waals surface area contributed by atoms with Gasteiger partial charge in [0.1, 0.15) is 17.3 Å². The minimum atomic E-state index is -0.423. The highest BCUT2D eigenvalue weighted by molar-refractivity contribution is 5.85. The summed E-state index contributed by atoms with van der Waals surface area (Å²) in [6.07, 6.45) is -0.423. The Morgan fingerprint density at radius 3 is 1.96 bits per heavy atom. The molecule has 3 rings (SSSR count). The van der Waals surface area contributed by atoms with Crippen LogP contribution in [0, 0.1) is 5.82 Å². The van der Waals surface area contributed by atoms with Crippen LogP contribution >= 0.6 is 0 Å². The van der Waals surface area contributed by atoms with Gasteiger partial charge in [0.2, 0.25) is 5.90 Å². The van der Waals surface area contributed by atoms with Crippen LogP contribution in [-0.2, 0) is 0 Å². The first-order chi connectivity index (χ1) is 12.2. The molecule has 0 spiro atoms. The molecule has 0 aliphatic rings. The monoisotopic (exact) mass is 335 g/mol. The summed E-state index contributed by atoms with van der Waals surface area (Å²) in [5, 5.41) is 0. The van der Waals surface area contributed by atoms with Crippen LogP contribution in [0.5, 0.6) is 11.5 Å². The summed E-state index contributed by atoms with van der Waals surface area (Å²) >= 11 is 0. The molecule has 126 valence electrons. The molecule has 3 aromatic rings. The van der Waals surface area contributed by atoms with Crippen molar-refractivity contribution >= 4 is 11.6 Å². The highest BCUT2D eigenvalue weighted by atomic mass is 19.1. The van der Waals surface area contributed by atoms with Crippen LogP contribution < -0.4 is 9.47 Å². The van der Waals surface area contributed by atoms with Gasteiger partial charge in [-0.15, -0.1) is 0 Å². The fraction of sp³-hybridized carbons (Fsp3) is 0.0952. The predicted octanol–water partition coefficient (Wildman–Crippen LogP) is 5.40. The molecule has 0 bridgehead atoms. The van der Waals surface area contributed by atoms with Crippen LogP contribution in [0.2, 0.25) is 0 Å². The van der Waals surface area contributed by atoms with Crippen molar-refractivity contribution in [1.29, 1.82) is 0 Å². The Morgan fingerprint density at radius 2 is 1.36 bits per heavy atom. The second-order valence-corrected chi connectivity index (χ2v) is 5.41. The number of halogens is 1. The SMILES string of the molecule is CC(Oc1ccccc1)C(=Nc1ccc(F)cc1)Oc1ccccc1. The van der Waals surface area contributed by atoms with Crippen LogP contribution in [0.15, 0.2) is 89.9 Å². The molecule has 4 heteroatoms. The Balaban J connectivity index is 1.86. The summed E-state index contributed by atoms with van der Waals surface area (Å²) < 4.78 is 24.9. The Hall–Kier alpha value is -3.14. The topological polar surface area (TPSA) is 30.8 Å². The van der Waals surface area contributed by atoms with Gasteiger partial charge in [-0.2, -0.15) is 0 Å². The molecule has 0 amide bonds. The van der Waals surface area contributed by atoms with E-state index >= 15 is 0 Å². The Labute approximate surface area is 146 Å². The van der Waals surface area contributed by atoms with Gasteiger partial charge in [0.15, 0.2) is 6.10 Å². The Morgan fingerprint density at radius 1 is 0.800 bits per heavy atom. The highest BCUT2D eigenvalue weighted by Gasteiger charge is 2.16. The van der Waals surface area contributed by atoms with Gasteiger partial charge in [0.05, 0.1) is 5.69 Å². The van der Waals surface area contributed by atoms with Crippen molar-refractivity contribution in [3.63, 3.8) is 0 Å². The number of ether oxygens (including phenoxy) is 2. The first-order valence-electron chi connectivity index (χ1n) is 7.99. The molecule has 0 aliphatic heterocycles. The van der Waals surface area contributed by atoms with Crippen LogP contribution in [0.1, 0.15) is 6.92 Å². The molecule has 0 saturated heterocycles. The first-order valence-corrected chi connectivity index (χ1v) is 7.99. The van der Waals surface area contributed by atoms with E-state index in [4.69, 9.17) is 9.47 Å². The molecule has 3 nitrogen and oxygen atoms in total. The van der Waals surface area contributed by atoms with E-state index in [0.717, 1.165) is 5.75 Å². The van der Waals surface area contributed by atoms with Crippen molar-refractivity contribution in [3.05, 3.63) is 90.7 Å². The van der Waals surface area contributed by atoms with Crippen LogP contribution in [0.4, 0.5) is 10.1 Å². The summed E-state index contributed by atoms with van der Waals surface area (Å²) in [5.41, 5.74) is 0.593. The number of para-hydroxylation sites is 2. The number of benzene rings is 3. The summed E-state index contributed by atoms with van der Waals surface area (Å²) in [5.74, 6) is 1.46. The zero-order valence-electron chi connectivity index (χ0n) is 13.8. The normalized spacial score (nSPS) is 12.5. The van der Waals surface area contributed by atoms with Crippen molar-refractivity contribution in [2.45, 2.75) is 13.0 Å². The van der Waals surface area contributed by atoms with E-state index in [1.54, 1.807) is 12.1 Å². The quantitative estimate of drug-likeness (QED) is 0.461. The summed E-state index contributed by atoms with van der Waals surface area (Å²) in [6.45, 7) is 1.86. The number of hydrogen-bond donors (Lipinski definition) is 0. The summed E-state index contributed by atoms with van der Waals surface area (Å²) in [4.78, 5) is 4.49. The number of aliphatic imine (C=N–C) groups is 1. The number of rotatable bonds is 5. The van der Waals surface area contributed by atoms with Gasteiger partial charge in [-0.3, -0.25) is 0 Å². The molecule has 0 aromatic heterocycles. The van der Waals surface area contributed by atoms with E-state index in [1.165, 1.54) is 12.1 Å². The van der Waals surface area contributed by atoms with E-state index in [0.29, 0.717) is 17.3 Å². The van der Waals surface area contributed by atoms with Gasteiger partial charge in [0.25, 0.3) is 0 Å². The van der Waals surface area contributed by atoms with Crippen LogP contribution in [-0.4, -0.2) is 12.0 Å². The molecule has 3 aromatic carbocycles. The molecule has 25 heavy (non-hydrogen) atoms. The van der Waals surface area contributed by atoms with E-state index in [1.807, 2.05) is 67.6 Å². The standard InChI is InChI=1S/C21H18FNO2/c1-16(24-19-8-4-2-5-9-19)21(25-20-10-6-3-7-11-20)23-18-14-12-17(22)13-15-18/h2-16H,1H3. The van der Waals surface area contributed by atoms with Crippen LogP contribution in [0.3, 0.4) is 0 Å². The van der Waals surface area contributed by atoms with Gasteiger partial charge in [0, 0.05) is 0 Å². The summed E-state index contributed by atoms with van der Waals surface area (Å²) in [7, 11) is 0. The Kier molecular flexibility index (Phi) is 5.42. The van der Waals surface area contributed by atoms with Crippen LogP contribution in [0.25, 0.3) is 0 Å². The smallest absolute Gasteiger partial charge is 0.236 e. The second kappa shape index (κ2) is 8.11. The van der Waals surface area contributed by atoms with Crippen molar-refractivity contribution in [2.24, 2.45) is 4.99 Å². The molecule has 0 N–H and O–H groups in total. The van der Waals surface area contributed by atoms with Gasteiger partial charge in [-0.05, 0) is 55.5 Å². The lowest BCUT2D eigenvalue weighted by Crippen LogP contribution is -2.28. The molecule has 1 unspecified atom stereocenters. The van der Waals surface area contributed by atoms with Crippen molar-refractivity contribution in [1.82, 2.24) is 0 Å². The van der Waals surface area contributed by atoms with Gasteiger partial charge < -0.3 is 9.47 Å². The largest absolute Gasteiger partial charge is 0.481 e. The lowest BCUT2D eigenvalue weighted by Gasteiger charge is -2.17. The average Bonchev–Trinajstić information content (AvgIpc) is 2.64. The average molecular weight is 335 g/mol. The van der Waals surface area contributed by atoms with E-state index < -0.39 is 6.10 Å². The fourth-order valence-corrected chi connectivity index (χ4v) is 2.20. The third-order valence-corrected chi connectivity index (χ3v) is 3.44. The number of hydrogen-bond acceptors (Lipinski definition) is 3. The third kappa shape index (κ3) is 4.91. The number of nitrogens with zero attached hydrogens (tertiary/aromatic N) is 1. The third-order valence-electron chi connectivity index (χ3n) is 3.44. The lowest BCUT2D eigenvalue weighted by molar-refractivity contribution is 0.262. The molecule has 0 fully saturated rings. The summed E-state index contributed by atoms with van der Waals surface area (Å²) in [6, 6.07) is 24.7. The minimum Gasteiger partial charge on any atom is -0.481 e. The molecule has 0 saturated carbocycles. The van der Waals surface area contributed by atoms with Crippen molar-refractivity contribution in [3.8, 4) is 11.5 Å². The van der Waals surface area contributed by atoms with E-state index in [9.17, 15) is 4.39 Å². The maximum Gasteiger partial charge on any atom is 0.236 e. The van der Waals surface area contributed by atoms with Crippen molar-refractivity contribution < 1.29 is 13.9 Å². The Bertz CT molecular complexity index is 818. The van der Waals surface area contributed by atoms with Gasteiger partial charge in [-0.25, -0.2) is 9.38 Å². The zero-order valence-corrected chi connectivity index (χ0v) is 13.8. The highest BCUT2D eigenvalue weighted by Crippen LogP contribution is 2.19. The molecule has 0 aliphatic carbocycles. The maximum atomic E-state index is 13.1. The maximum absolute atomic E-state index is 13.1. The van der Waals surface area contributed by atoms with E-state index in [-0.39, 0.29) is 5.82 Å². The predicted molar refractivity (Wildman–Crippen MR) is 97.1 cm³/mol. The molecule has 0 radical (unpaired) electrons. The molecule has 1 atom stereocenters. The molecular weight excluding hydrogens is 317 g/mol. The van der Waals surface area contributed by atoms with Gasteiger partial charge in [-0.1, -0.05) is 36.4 Å². The van der Waals surface area contributed by atoms with E-state index in [2.05, 4.69) is 4.99 Å². The van der Waals surface area contributed by atoms with Gasteiger partial charge >= 0.3 is 0 Å². The van der Waals surface area contributed by atoms with Crippen molar-refractivity contribution in [2.75, 3.05) is 0 Å². The first kappa shape index (κ1) is 16.7. The minimum absolute atomic E-state index is 0.307. The second-order valence-electron chi connectivity index (χ2n) is 5.41. The fourth-order valence-electron chi connectivity index (χ4n) is 2.20. The molecule has 0 heterocycles.